The van der Waals surface area contributed by atoms with E-state index in [1.54, 1.807) is 0 Å². The number of hydrogen-bond donors (Lipinski definition) is 0. The predicted molar refractivity (Wildman–Crippen MR) is 121 cm³/mol. The summed E-state index contributed by atoms with van der Waals surface area (Å²) in [6.07, 6.45) is 9.11. The third-order valence-corrected chi connectivity index (χ3v) is 7.59. The predicted octanol–water partition coefficient (Wildman–Crippen LogP) is 6.25. The third-order valence-electron chi connectivity index (χ3n) is 7.18. The molecule has 0 aliphatic heterocycles. The zero-order valence-corrected chi connectivity index (χ0v) is 19.3. The molecule has 1 heterocycles. The van der Waals surface area contributed by atoms with Gasteiger partial charge in [0.2, 0.25) is 0 Å². The Morgan fingerprint density at radius 3 is 2.53 bits per heavy atom. The third kappa shape index (κ3) is 4.80. The maximum absolute atomic E-state index is 12.7. The van der Waals surface area contributed by atoms with Crippen LogP contribution in [0.25, 0.3) is 0 Å². The minimum atomic E-state index is 0.240. The van der Waals surface area contributed by atoms with Gasteiger partial charge in [-0.3, -0.25) is 4.79 Å². The summed E-state index contributed by atoms with van der Waals surface area (Å²) in [5, 5.41) is 9.93. The number of benzene rings is 1. The van der Waals surface area contributed by atoms with Crippen LogP contribution in [0.4, 0.5) is 0 Å². The van der Waals surface area contributed by atoms with E-state index in [2.05, 4.69) is 28.6 Å². The van der Waals surface area contributed by atoms with Gasteiger partial charge in [0, 0.05) is 36.2 Å². The van der Waals surface area contributed by atoms with E-state index in [1.807, 2.05) is 25.1 Å². The molecule has 0 amide bonds. The first-order valence-corrected chi connectivity index (χ1v) is 12.0. The average molecular weight is 428 g/mol. The molecule has 0 atom stereocenters. The van der Waals surface area contributed by atoms with Crippen LogP contribution in [0.1, 0.15) is 93.5 Å². The summed E-state index contributed by atoms with van der Waals surface area (Å²) < 4.78 is 2.40. The lowest BCUT2D eigenvalue weighted by Crippen LogP contribution is -2.20. The summed E-state index contributed by atoms with van der Waals surface area (Å²) >= 11 is 6.20. The average Bonchev–Trinajstić information content (AvgIpc) is 3.49. The number of Topliss-reactive ketones (excluding diaryl/α,β-unsaturated/α-hetero) is 1. The molecule has 5 heteroatoms. The zero-order chi connectivity index (χ0) is 21.3. The Morgan fingerprint density at radius 2 is 1.87 bits per heavy atom. The van der Waals surface area contributed by atoms with Crippen molar-refractivity contribution in [3.8, 4) is 0 Å². The van der Waals surface area contributed by atoms with Gasteiger partial charge in [0.15, 0.2) is 0 Å². The number of aromatic nitrogens is 3. The maximum Gasteiger partial charge on any atom is 0.137 e. The molecule has 2 saturated carbocycles. The number of nitrogens with zero attached hydrogens (tertiary/aromatic N) is 3. The summed E-state index contributed by atoms with van der Waals surface area (Å²) in [4.78, 5) is 12.7. The summed E-state index contributed by atoms with van der Waals surface area (Å²) in [5.74, 6) is 4.60. The molecule has 1 aromatic carbocycles. The highest BCUT2D eigenvalue weighted by atomic mass is 35.5. The molecule has 0 spiro atoms. The second-order valence-corrected chi connectivity index (χ2v) is 10.1. The van der Waals surface area contributed by atoms with Crippen molar-refractivity contribution < 1.29 is 4.79 Å². The van der Waals surface area contributed by atoms with Gasteiger partial charge in [-0.1, -0.05) is 37.6 Å². The van der Waals surface area contributed by atoms with E-state index >= 15 is 0 Å². The van der Waals surface area contributed by atoms with Crippen LogP contribution in [0, 0.1) is 18.8 Å². The van der Waals surface area contributed by atoms with Crippen molar-refractivity contribution in [3.05, 3.63) is 46.0 Å². The lowest BCUT2D eigenvalue weighted by atomic mass is 9.76. The monoisotopic (exact) mass is 427 g/mol. The molecule has 0 radical (unpaired) electrons. The van der Waals surface area contributed by atoms with Gasteiger partial charge in [-0.25, -0.2) is 0 Å². The van der Waals surface area contributed by atoms with E-state index in [1.165, 1.54) is 44.3 Å². The van der Waals surface area contributed by atoms with Crippen molar-refractivity contribution in [2.24, 2.45) is 11.8 Å². The van der Waals surface area contributed by atoms with Crippen molar-refractivity contribution in [2.45, 2.75) is 90.5 Å². The smallest absolute Gasteiger partial charge is 0.137 e. The van der Waals surface area contributed by atoms with E-state index < -0.39 is 0 Å². The molecule has 2 aliphatic rings. The van der Waals surface area contributed by atoms with E-state index in [0.29, 0.717) is 31.2 Å². The Bertz CT molecular complexity index is 892. The lowest BCUT2D eigenvalue weighted by Gasteiger charge is -2.30. The standard InChI is InChI=1S/C25H34ClN3O/c1-16(2)18-7-9-19(10-8-18)25-28-27-24(29(25)21-11-12-21)14-13-22(30)15-20-5-4-6-23(26)17(20)3/h4-6,16,18-19,21H,7-15H2,1-3H3. The molecule has 30 heavy (non-hydrogen) atoms. The Kier molecular flexibility index (Phi) is 6.62. The zero-order valence-electron chi connectivity index (χ0n) is 18.5. The largest absolute Gasteiger partial charge is 0.312 e. The fourth-order valence-electron chi connectivity index (χ4n) is 4.96. The van der Waals surface area contributed by atoms with E-state index in [9.17, 15) is 4.79 Å². The lowest BCUT2D eigenvalue weighted by molar-refractivity contribution is -0.118. The number of carbonyl (C=O) groups excluding carboxylic acids is 1. The fourth-order valence-corrected chi connectivity index (χ4v) is 5.15. The Balaban J connectivity index is 1.40. The summed E-state index contributed by atoms with van der Waals surface area (Å²) in [5.41, 5.74) is 2.03. The highest BCUT2D eigenvalue weighted by Crippen LogP contribution is 2.43. The first-order valence-electron chi connectivity index (χ1n) is 11.6. The van der Waals surface area contributed by atoms with Gasteiger partial charge in [-0.15, -0.1) is 10.2 Å². The van der Waals surface area contributed by atoms with Crippen LogP contribution in [0.2, 0.25) is 5.02 Å². The van der Waals surface area contributed by atoms with Crippen LogP contribution < -0.4 is 0 Å². The van der Waals surface area contributed by atoms with E-state index in [-0.39, 0.29) is 5.78 Å². The number of hydrogen-bond acceptors (Lipinski definition) is 3. The second kappa shape index (κ2) is 9.21. The molecular weight excluding hydrogens is 394 g/mol. The highest BCUT2D eigenvalue weighted by molar-refractivity contribution is 6.31. The molecule has 4 rings (SSSR count). The quantitative estimate of drug-likeness (QED) is 0.500. The topological polar surface area (TPSA) is 47.8 Å². The second-order valence-electron chi connectivity index (χ2n) is 9.67. The SMILES string of the molecule is Cc1c(Cl)cccc1CC(=O)CCc1nnc(C2CCC(C(C)C)CC2)n1C1CC1. The van der Waals surface area contributed by atoms with Gasteiger partial charge in [0.25, 0.3) is 0 Å². The Labute approximate surface area is 185 Å². The van der Waals surface area contributed by atoms with Crippen molar-refractivity contribution in [1.29, 1.82) is 0 Å². The summed E-state index contributed by atoms with van der Waals surface area (Å²) in [6.45, 7) is 6.67. The molecule has 1 aromatic heterocycles. The van der Waals surface area contributed by atoms with Gasteiger partial charge < -0.3 is 4.57 Å². The number of aryl methyl sites for hydroxylation is 1. The van der Waals surface area contributed by atoms with Crippen molar-refractivity contribution in [1.82, 2.24) is 14.8 Å². The van der Waals surface area contributed by atoms with Crippen LogP contribution in [0.5, 0.6) is 0 Å². The van der Waals surface area contributed by atoms with Crippen molar-refractivity contribution in [3.63, 3.8) is 0 Å². The fraction of sp³-hybridized carbons (Fsp3) is 0.640. The van der Waals surface area contributed by atoms with E-state index in [4.69, 9.17) is 11.6 Å². The molecule has 0 N–H and O–H groups in total. The number of carbonyl (C=O) groups is 1. The van der Waals surface area contributed by atoms with Crippen LogP contribution in [-0.4, -0.2) is 20.5 Å². The molecule has 0 unspecified atom stereocenters. The van der Waals surface area contributed by atoms with Gasteiger partial charge in [-0.05, 0) is 74.5 Å². The molecule has 0 saturated heterocycles. The van der Waals surface area contributed by atoms with Gasteiger partial charge in [0.1, 0.15) is 17.4 Å². The molecule has 0 bridgehead atoms. The minimum absolute atomic E-state index is 0.240. The molecule has 4 nitrogen and oxygen atoms in total. The number of ketones is 1. The minimum Gasteiger partial charge on any atom is -0.312 e. The summed E-state index contributed by atoms with van der Waals surface area (Å²) in [6, 6.07) is 6.34. The Morgan fingerprint density at radius 1 is 1.13 bits per heavy atom. The van der Waals surface area contributed by atoms with Gasteiger partial charge in [-0.2, -0.15) is 0 Å². The maximum atomic E-state index is 12.7. The van der Waals surface area contributed by atoms with Gasteiger partial charge in [0.05, 0.1) is 0 Å². The van der Waals surface area contributed by atoms with Crippen molar-refractivity contribution >= 4 is 17.4 Å². The molecule has 162 valence electrons. The van der Waals surface area contributed by atoms with Crippen LogP contribution in [0.15, 0.2) is 18.2 Å². The molecular formula is C25H34ClN3O. The van der Waals surface area contributed by atoms with Crippen LogP contribution in [0.3, 0.4) is 0 Å². The Hall–Kier alpha value is -1.68. The van der Waals surface area contributed by atoms with Crippen LogP contribution >= 0.6 is 11.6 Å². The molecule has 2 aliphatic carbocycles. The van der Waals surface area contributed by atoms with Crippen molar-refractivity contribution in [2.75, 3.05) is 0 Å². The summed E-state index contributed by atoms with van der Waals surface area (Å²) in [7, 11) is 0. The van der Waals surface area contributed by atoms with Crippen LogP contribution in [-0.2, 0) is 17.6 Å². The first kappa shape index (κ1) is 21.5. The molecule has 2 aromatic rings. The number of rotatable bonds is 8. The number of halogens is 1. The van der Waals surface area contributed by atoms with Gasteiger partial charge >= 0.3 is 0 Å². The normalized spacial score (nSPS) is 21.9. The highest BCUT2D eigenvalue weighted by Gasteiger charge is 2.34. The first-order chi connectivity index (χ1) is 14.4. The molecule has 2 fully saturated rings. The van der Waals surface area contributed by atoms with E-state index in [0.717, 1.165) is 33.8 Å².